The van der Waals surface area contributed by atoms with Gasteiger partial charge in [-0.3, -0.25) is 9.78 Å². The average Bonchev–Trinajstić information content (AvgIpc) is 2.90. The fourth-order valence-electron chi connectivity index (χ4n) is 4.49. The first-order valence-electron chi connectivity index (χ1n) is 12.0. The third kappa shape index (κ3) is 4.69. The van der Waals surface area contributed by atoms with E-state index in [1.54, 1.807) is 17.8 Å². The van der Waals surface area contributed by atoms with Crippen molar-refractivity contribution in [2.75, 3.05) is 36.5 Å². The number of rotatable bonds is 5. The van der Waals surface area contributed by atoms with Gasteiger partial charge < -0.3 is 24.7 Å². The van der Waals surface area contributed by atoms with Gasteiger partial charge in [0.1, 0.15) is 5.75 Å². The summed E-state index contributed by atoms with van der Waals surface area (Å²) in [5, 5.41) is 3.46. The van der Waals surface area contributed by atoms with Gasteiger partial charge in [-0.2, -0.15) is 0 Å². The molecule has 2 aliphatic rings. The van der Waals surface area contributed by atoms with E-state index in [2.05, 4.69) is 39.2 Å². The molecule has 7 nitrogen and oxygen atoms in total. The van der Waals surface area contributed by atoms with E-state index in [4.69, 9.17) is 9.47 Å². The van der Waals surface area contributed by atoms with Crippen molar-refractivity contribution in [3.05, 3.63) is 88.5 Å². The van der Waals surface area contributed by atoms with Gasteiger partial charge in [-0.25, -0.2) is 0 Å². The number of pyridine rings is 2. The number of aromatic amines is 1. The molecule has 2 aromatic carbocycles. The van der Waals surface area contributed by atoms with Crippen LogP contribution in [0.4, 0.5) is 11.4 Å². The highest BCUT2D eigenvalue weighted by molar-refractivity contribution is 7.99. The summed E-state index contributed by atoms with van der Waals surface area (Å²) in [5.74, 6) is 1.56. The van der Waals surface area contributed by atoms with Crippen molar-refractivity contribution in [3.63, 3.8) is 0 Å². The average molecular weight is 499 g/mol. The van der Waals surface area contributed by atoms with E-state index in [1.807, 2.05) is 48.7 Å². The zero-order valence-corrected chi connectivity index (χ0v) is 20.7. The van der Waals surface area contributed by atoms with Crippen molar-refractivity contribution in [1.82, 2.24) is 9.97 Å². The van der Waals surface area contributed by atoms with Crippen LogP contribution in [0.25, 0.3) is 11.3 Å². The van der Waals surface area contributed by atoms with Crippen LogP contribution in [0.1, 0.15) is 11.3 Å². The minimum Gasteiger partial charge on any atom is -0.454 e. The number of ether oxygens (including phenoxy) is 2. The van der Waals surface area contributed by atoms with Crippen LogP contribution < -0.4 is 20.5 Å². The lowest BCUT2D eigenvalue weighted by molar-refractivity contribution is 0.122. The Balaban J connectivity index is 1.26. The number of benzene rings is 2. The van der Waals surface area contributed by atoms with Crippen LogP contribution in [0.5, 0.6) is 11.5 Å². The Morgan fingerprint density at radius 3 is 2.81 bits per heavy atom. The first-order chi connectivity index (χ1) is 17.6. The zero-order valence-electron chi connectivity index (χ0n) is 19.9. The molecule has 0 amide bonds. The van der Waals surface area contributed by atoms with E-state index < -0.39 is 0 Å². The third-order valence-electron chi connectivity index (χ3n) is 6.30. The van der Waals surface area contributed by atoms with Crippen LogP contribution in [0, 0.1) is 6.92 Å². The van der Waals surface area contributed by atoms with Crippen molar-refractivity contribution in [2.45, 2.75) is 23.3 Å². The Morgan fingerprint density at radius 1 is 1.06 bits per heavy atom. The number of H-pyrrole nitrogens is 1. The standard InChI is InChI=1S/C28H26N4O3S/c1-18-7-8-29-20(13-18)17-30-19-5-6-24-26(14-19)36-25-4-2-3-22(28(25)35-24)23-15-21(16-27(33)31-23)32-9-11-34-12-10-32/h2-8,13-16,30H,9-12,17H2,1H3,(H,31,33). The fourth-order valence-corrected chi connectivity index (χ4v) is 5.51. The fraction of sp³-hybridized carbons (Fsp3) is 0.214. The van der Waals surface area contributed by atoms with E-state index in [9.17, 15) is 4.79 Å². The molecule has 6 rings (SSSR count). The van der Waals surface area contributed by atoms with Gasteiger partial charge in [0.2, 0.25) is 5.56 Å². The lowest BCUT2D eigenvalue weighted by atomic mass is 10.1. The number of hydrogen-bond acceptors (Lipinski definition) is 7. The first kappa shape index (κ1) is 22.7. The van der Waals surface area contributed by atoms with Crippen molar-refractivity contribution in [1.29, 1.82) is 0 Å². The molecule has 4 aromatic rings. The Morgan fingerprint density at radius 2 is 1.94 bits per heavy atom. The van der Waals surface area contributed by atoms with Crippen LogP contribution in [0.15, 0.2) is 81.4 Å². The van der Waals surface area contributed by atoms with Crippen LogP contribution in [0.2, 0.25) is 0 Å². The van der Waals surface area contributed by atoms with E-state index in [0.717, 1.165) is 62.7 Å². The highest BCUT2D eigenvalue weighted by Crippen LogP contribution is 2.51. The summed E-state index contributed by atoms with van der Waals surface area (Å²) < 4.78 is 11.9. The third-order valence-corrected chi connectivity index (χ3v) is 7.38. The second kappa shape index (κ2) is 9.72. The van der Waals surface area contributed by atoms with E-state index in [1.165, 1.54) is 5.56 Å². The van der Waals surface area contributed by atoms with Gasteiger partial charge >= 0.3 is 0 Å². The molecule has 2 N–H and O–H groups in total. The maximum Gasteiger partial charge on any atom is 0.250 e. The molecule has 0 unspecified atom stereocenters. The number of nitrogens with zero attached hydrogens (tertiary/aromatic N) is 2. The predicted octanol–water partition coefficient (Wildman–Crippen LogP) is 5.45. The summed E-state index contributed by atoms with van der Waals surface area (Å²) >= 11 is 1.67. The maximum atomic E-state index is 12.5. The van der Waals surface area contributed by atoms with Gasteiger partial charge in [-0.1, -0.05) is 17.8 Å². The minimum atomic E-state index is -0.130. The smallest absolute Gasteiger partial charge is 0.250 e. The van der Waals surface area contributed by atoms with Gasteiger partial charge in [-0.15, -0.1) is 0 Å². The number of para-hydroxylation sites is 1. The molecular weight excluding hydrogens is 472 g/mol. The van der Waals surface area contributed by atoms with E-state index in [-0.39, 0.29) is 5.56 Å². The quantitative estimate of drug-likeness (QED) is 0.334. The van der Waals surface area contributed by atoms with Crippen molar-refractivity contribution in [3.8, 4) is 22.8 Å². The number of nitrogens with one attached hydrogen (secondary N) is 2. The van der Waals surface area contributed by atoms with Gasteiger partial charge in [0.05, 0.1) is 40.9 Å². The topological polar surface area (TPSA) is 79.5 Å². The number of fused-ring (bicyclic) bond motifs is 2. The zero-order chi connectivity index (χ0) is 24.5. The number of aryl methyl sites for hydroxylation is 1. The van der Waals surface area contributed by atoms with E-state index in [0.29, 0.717) is 19.8 Å². The Labute approximate surface area is 213 Å². The molecule has 1 saturated heterocycles. The molecule has 8 heteroatoms. The molecule has 0 bridgehead atoms. The molecule has 2 aromatic heterocycles. The van der Waals surface area contributed by atoms with Crippen molar-refractivity contribution < 1.29 is 9.47 Å². The Hall–Kier alpha value is -3.75. The number of aromatic nitrogens is 2. The van der Waals surface area contributed by atoms with Crippen molar-refractivity contribution >= 4 is 23.1 Å². The molecule has 0 atom stereocenters. The Kier molecular flexibility index (Phi) is 6.13. The molecule has 182 valence electrons. The van der Waals surface area contributed by atoms with Gasteiger partial charge in [0.15, 0.2) is 5.75 Å². The lowest BCUT2D eigenvalue weighted by Gasteiger charge is -2.29. The monoisotopic (exact) mass is 498 g/mol. The molecule has 0 aliphatic carbocycles. The number of anilines is 2. The SMILES string of the molecule is Cc1ccnc(CNc2ccc3c(c2)Sc2cccc(-c4cc(N5CCOCC5)cc(=O)[nH]4)c2O3)c1. The molecule has 0 spiro atoms. The summed E-state index contributed by atoms with van der Waals surface area (Å²) in [7, 11) is 0. The van der Waals surface area contributed by atoms with Gasteiger partial charge in [-0.05, 0) is 61.0 Å². The molecule has 0 radical (unpaired) electrons. The highest BCUT2D eigenvalue weighted by atomic mass is 32.2. The summed E-state index contributed by atoms with van der Waals surface area (Å²) in [6, 6.07) is 19.9. The molecule has 1 fully saturated rings. The summed E-state index contributed by atoms with van der Waals surface area (Å²) in [6.07, 6.45) is 1.83. The highest BCUT2D eigenvalue weighted by Gasteiger charge is 2.23. The molecule has 0 saturated carbocycles. The predicted molar refractivity (Wildman–Crippen MR) is 142 cm³/mol. The van der Waals surface area contributed by atoms with Crippen LogP contribution in [-0.4, -0.2) is 36.3 Å². The molecule has 36 heavy (non-hydrogen) atoms. The largest absolute Gasteiger partial charge is 0.454 e. The summed E-state index contributed by atoms with van der Waals surface area (Å²) in [5.41, 5.74) is 5.58. The summed E-state index contributed by atoms with van der Waals surface area (Å²) in [4.78, 5) is 24.2. The lowest BCUT2D eigenvalue weighted by Crippen LogP contribution is -2.36. The van der Waals surface area contributed by atoms with Gasteiger partial charge in [0, 0.05) is 42.3 Å². The number of morpholine rings is 1. The van der Waals surface area contributed by atoms with Crippen LogP contribution in [0.3, 0.4) is 0 Å². The van der Waals surface area contributed by atoms with E-state index >= 15 is 0 Å². The molecule has 2 aliphatic heterocycles. The Bertz CT molecular complexity index is 1480. The second-order valence-corrected chi connectivity index (χ2v) is 9.98. The maximum absolute atomic E-state index is 12.5. The van der Waals surface area contributed by atoms with Crippen LogP contribution in [-0.2, 0) is 11.3 Å². The molecule has 4 heterocycles. The summed E-state index contributed by atoms with van der Waals surface area (Å²) in [6.45, 7) is 5.59. The molecular formula is C28H26N4O3S. The number of hydrogen-bond donors (Lipinski definition) is 2. The second-order valence-electron chi connectivity index (χ2n) is 8.89. The van der Waals surface area contributed by atoms with Crippen LogP contribution >= 0.6 is 11.8 Å². The minimum absolute atomic E-state index is 0.130. The first-order valence-corrected chi connectivity index (χ1v) is 12.8. The van der Waals surface area contributed by atoms with Crippen molar-refractivity contribution in [2.24, 2.45) is 0 Å². The van der Waals surface area contributed by atoms with Gasteiger partial charge in [0.25, 0.3) is 0 Å². The normalized spacial score (nSPS) is 14.5.